The molecular formula is C21H31NO4. The van der Waals surface area contributed by atoms with Crippen molar-refractivity contribution in [3.8, 4) is 0 Å². The molecule has 1 aromatic carbocycles. The zero-order chi connectivity index (χ0) is 19.1. The van der Waals surface area contributed by atoms with Crippen molar-refractivity contribution in [2.24, 2.45) is 11.8 Å². The highest BCUT2D eigenvalue weighted by molar-refractivity contribution is 5.81. The van der Waals surface area contributed by atoms with E-state index in [-0.39, 0.29) is 18.6 Å². The minimum absolute atomic E-state index is 0.181. The number of likely N-dealkylation sites (N-methyl/N-ethyl adjacent to an activating group) is 1. The minimum atomic E-state index is -0.905. The van der Waals surface area contributed by atoms with E-state index in [1.165, 1.54) is 18.4 Å². The predicted molar refractivity (Wildman–Crippen MR) is 101 cm³/mol. The molecule has 1 aliphatic rings. The first-order valence-electron chi connectivity index (χ1n) is 9.51. The van der Waals surface area contributed by atoms with Crippen molar-refractivity contribution in [1.82, 2.24) is 5.32 Å². The highest BCUT2D eigenvalue weighted by Gasteiger charge is 2.31. The van der Waals surface area contributed by atoms with Crippen molar-refractivity contribution in [2.45, 2.75) is 65.2 Å². The molecule has 1 fully saturated rings. The Morgan fingerprint density at radius 1 is 1.08 bits per heavy atom. The van der Waals surface area contributed by atoms with Gasteiger partial charge < -0.3 is 14.8 Å². The Morgan fingerprint density at radius 2 is 1.69 bits per heavy atom. The van der Waals surface area contributed by atoms with Gasteiger partial charge in [-0.15, -0.1) is 0 Å². The number of ether oxygens (including phenoxy) is 2. The highest BCUT2D eigenvalue weighted by atomic mass is 16.6. The van der Waals surface area contributed by atoms with Crippen molar-refractivity contribution in [3.63, 3.8) is 0 Å². The second kappa shape index (κ2) is 9.72. The monoisotopic (exact) mass is 361 g/mol. The van der Waals surface area contributed by atoms with Gasteiger partial charge >= 0.3 is 11.9 Å². The first-order valence-corrected chi connectivity index (χ1v) is 9.51. The van der Waals surface area contributed by atoms with Gasteiger partial charge in [0, 0.05) is 0 Å². The molecule has 2 rings (SSSR count). The zero-order valence-corrected chi connectivity index (χ0v) is 16.3. The molecule has 1 N–H and O–H groups in total. The number of hydrogen-bond acceptors (Lipinski definition) is 5. The van der Waals surface area contributed by atoms with Gasteiger partial charge in [-0.25, -0.2) is 4.79 Å². The molecule has 0 aliphatic heterocycles. The number of carbonyl (C=O) groups excluding carboxylic acids is 2. The van der Waals surface area contributed by atoms with E-state index in [1.807, 2.05) is 12.1 Å². The Morgan fingerprint density at radius 3 is 2.23 bits per heavy atom. The Hall–Kier alpha value is -1.88. The number of nitrogens with one attached hydrogen (secondary N) is 1. The van der Waals surface area contributed by atoms with Crippen LogP contribution < -0.4 is 5.32 Å². The van der Waals surface area contributed by atoms with E-state index in [9.17, 15) is 9.59 Å². The van der Waals surface area contributed by atoms with Crippen LogP contribution in [0.2, 0.25) is 0 Å². The molecule has 0 aromatic heterocycles. The van der Waals surface area contributed by atoms with Gasteiger partial charge in [0.1, 0.15) is 12.6 Å². The summed E-state index contributed by atoms with van der Waals surface area (Å²) < 4.78 is 10.6. The number of esters is 2. The fourth-order valence-corrected chi connectivity index (χ4v) is 2.84. The van der Waals surface area contributed by atoms with E-state index < -0.39 is 12.1 Å². The standard InChI is InChI=1S/C21H31NO4/c1-14(2)11-16-7-9-18(10-8-16)13-25-20(23)15(3)26-21(24)19(22-4)12-17-5-6-17/h7-10,14-15,17,19,22H,5-6,11-13H2,1-4H3/t15-,19+/m1/s1. The van der Waals surface area contributed by atoms with Crippen LogP contribution in [0, 0.1) is 11.8 Å². The van der Waals surface area contributed by atoms with Crippen LogP contribution in [0.15, 0.2) is 24.3 Å². The number of carbonyl (C=O) groups is 2. The first kappa shape index (κ1) is 20.4. The average molecular weight is 361 g/mol. The molecular weight excluding hydrogens is 330 g/mol. The zero-order valence-electron chi connectivity index (χ0n) is 16.3. The summed E-state index contributed by atoms with van der Waals surface area (Å²) in [5.74, 6) is 0.296. The summed E-state index contributed by atoms with van der Waals surface area (Å²) >= 11 is 0. The van der Waals surface area contributed by atoms with Crippen LogP contribution >= 0.6 is 0 Å². The molecule has 0 radical (unpaired) electrons. The Labute approximate surface area is 156 Å². The van der Waals surface area contributed by atoms with Crippen molar-refractivity contribution >= 4 is 11.9 Å². The third-order valence-corrected chi connectivity index (χ3v) is 4.57. The summed E-state index contributed by atoms with van der Waals surface area (Å²) in [4.78, 5) is 24.2. The largest absolute Gasteiger partial charge is 0.458 e. The van der Waals surface area contributed by atoms with Crippen molar-refractivity contribution < 1.29 is 19.1 Å². The Balaban J connectivity index is 1.76. The van der Waals surface area contributed by atoms with E-state index in [1.54, 1.807) is 14.0 Å². The molecule has 144 valence electrons. The lowest BCUT2D eigenvalue weighted by molar-refractivity contribution is -0.168. The van der Waals surface area contributed by atoms with E-state index in [0.29, 0.717) is 11.8 Å². The Bertz CT molecular complexity index is 593. The first-order chi connectivity index (χ1) is 12.4. The van der Waals surface area contributed by atoms with Crippen LogP contribution in [-0.4, -0.2) is 31.1 Å². The van der Waals surface area contributed by atoms with Gasteiger partial charge in [-0.1, -0.05) is 51.0 Å². The van der Waals surface area contributed by atoms with Gasteiger partial charge in [-0.2, -0.15) is 0 Å². The van der Waals surface area contributed by atoms with Gasteiger partial charge in [0.2, 0.25) is 0 Å². The minimum Gasteiger partial charge on any atom is -0.458 e. The van der Waals surface area contributed by atoms with Gasteiger partial charge in [0.25, 0.3) is 0 Å². The summed E-state index contributed by atoms with van der Waals surface area (Å²) in [6.45, 7) is 6.10. The summed E-state index contributed by atoms with van der Waals surface area (Å²) in [5.41, 5.74) is 2.19. The van der Waals surface area contributed by atoms with Gasteiger partial charge in [0.05, 0.1) is 0 Å². The maximum atomic E-state index is 12.2. The van der Waals surface area contributed by atoms with E-state index in [2.05, 4.69) is 31.3 Å². The van der Waals surface area contributed by atoms with Crippen molar-refractivity contribution in [3.05, 3.63) is 35.4 Å². The van der Waals surface area contributed by atoms with Crippen LogP contribution in [0.4, 0.5) is 0 Å². The van der Waals surface area contributed by atoms with Crippen molar-refractivity contribution in [1.29, 1.82) is 0 Å². The molecule has 1 aromatic rings. The lowest BCUT2D eigenvalue weighted by Crippen LogP contribution is -2.39. The number of rotatable bonds is 10. The molecule has 0 amide bonds. The topological polar surface area (TPSA) is 64.6 Å². The molecule has 26 heavy (non-hydrogen) atoms. The summed E-state index contributed by atoms with van der Waals surface area (Å²) in [6.07, 6.45) is 3.22. The molecule has 0 bridgehead atoms. The lowest BCUT2D eigenvalue weighted by atomic mass is 10.0. The maximum absolute atomic E-state index is 12.2. The smallest absolute Gasteiger partial charge is 0.347 e. The molecule has 1 saturated carbocycles. The predicted octanol–water partition coefficient (Wildman–Crippen LogP) is 3.25. The van der Waals surface area contributed by atoms with E-state index >= 15 is 0 Å². The number of hydrogen-bond donors (Lipinski definition) is 1. The summed E-state index contributed by atoms with van der Waals surface area (Å²) in [7, 11) is 1.74. The van der Waals surface area contributed by atoms with Crippen molar-refractivity contribution in [2.75, 3.05) is 7.05 Å². The van der Waals surface area contributed by atoms with E-state index in [4.69, 9.17) is 9.47 Å². The van der Waals surface area contributed by atoms with Crippen LogP contribution in [0.5, 0.6) is 0 Å². The molecule has 0 spiro atoms. The SMILES string of the molecule is CN[C@@H](CC1CC1)C(=O)O[C@H](C)C(=O)OCc1ccc(CC(C)C)cc1. The molecule has 0 unspecified atom stereocenters. The molecule has 5 nitrogen and oxygen atoms in total. The number of benzene rings is 1. The van der Waals surface area contributed by atoms with Crippen LogP contribution in [0.25, 0.3) is 0 Å². The normalized spacial score (nSPS) is 16.2. The molecule has 5 heteroatoms. The molecule has 1 aliphatic carbocycles. The third kappa shape index (κ3) is 6.79. The summed E-state index contributed by atoms with van der Waals surface area (Å²) in [5, 5.41) is 2.97. The molecule has 0 heterocycles. The lowest BCUT2D eigenvalue weighted by Gasteiger charge is -2.18. The second-order valence-electron chi connectivity index (χ2n) is 7.62. The molecule has 0 saturated heterocycles. The van der Waals surface area contributed by atoms with Crippen LogP contribution in [0.1, 0.15) is 51.2 Å². The van der Waals surface area contributed by atoms with Gasteiger partial charge in [0.15, 0.2) is 6.10 Å². The van der Waals surface area contributed by atoms with E-state index in [0.717, 1.165) is 18.4 Å². The average Bonchev–Trinajstić information content (AvgIpc) is 3.42. The third-order valence-electron chi connectivity index (χ3n) is 4.57. The fraction of sp³-hybridized carbons (Fsp3) is 0.619. The fourth-order valence-electron chi connectivity index (χ4n) is 2.84. The quantitative estimate of drug-likeness (QED) is 0.648. The summed E-state index contributed by atoms with van der Waals surface area (Å²) in [6, 6.07) is 7.69. The Kier molecular flexibility index (Phi) is 7.64. The van der Waals surface area contributed by atoms with Crippen LogP contribution in [-0.2, 0) is 32.1 Å². The second-order valence-corrected chi connectivity index (χ2v) is 7.62. The van der Waals surface area contributed by atoms with Crippen LogP contribution in [0.3, 0.4) is 0 Å². The molecule has 2 atom stereocenters. The highest BCUT2D eigenvalue weighted by Crippen LogP contribution is 2.33. The van der Waals surface area contributed by atoms with Gasteiger partial charge in [-0.3, -0.25) is 4.79 Å². The van der Waals surface area contributed by atoms with Gasteiger partial charge in [-0.05, 0) is 49.8 Å². The maximum Gasteiger partial charge on any atom is 0.347 e.